The van der Waals surface area contributed by atoms with Crippen LogP contribution in [0, 0.1) is 0 Å². The van der Waals surface area contributed by atoms with Crippen LogP contribution in [0.2, 0.25) is 0 Å². The van der Waals surface area contributed by atoms with E-state index in [1.165, 1.54) is 6.42 Å². The van der Waals surface area contributed by atoms with Crippen LogP contribution in [0.15, 0.2) is 0 Å². The van der Waals surface area contributed by atoms with E-state index in [0.29, 0.717) is 6.04 Å². The van der Waals surface area contributed by atoms with E-state index >= 15 is 0 Å². The van der Waals surface area contributed by atoms with Crippen molar-refractivity contribution in [3.8, 4) is 0 Å². The summed E-state index contributed by atoms with van der Waals surface area (Å²) in [6.45, 7) is 3.49. The molecule has 12 heavy (non-hydrogen) atoms. The molecule has 0 spiro atoms. The highest BCUT2D eigenvalue weighted by atomic mass is 127. The van der Waals surface area contributed by atoms with Crippen molar-refractivity contribution in [2.24, 2.45) is 0 Å². The Morgan fingerprint density at radius 2 is 2.33 bits per heavy atom. The minimum Gasteiger partial charge on any atom is -0.341 e. The van der Waals surface area contributed by atoms with Gasteiger partial charge in [0.2, 0.25) is 5.91 Å². The number of hydrogen-bond acceptors (Lipinski definition) is 2. The van der Waals surface area contributed by atoms with E-state index in [-0.39, 0.29) is 5.91 Å². The number of hydrogen-bond donors (Lipinski definition) is 0. The quantitative estimate of drug-likeness (QED) is 0.534. The van der Waals surface area contributed by atoms with Crippen molar-refractivity contribution < 1.29 is 4.79 Å². The first-order chi connectivity index (χ1) is 5.61. The van der Waals surface area contributed by atoms with Crippen LogP contribution in [0.4, 0.5) is 0 Å². The van der Waals surface area contributed by atoms with Gasteiger partial charge < -0.3 is 4.90 Å². The van der Waals surface area contributed by atoms with Crippen molar-refractivity contribution in [1.29, 1.82) is 0 Å². The first kappa shape index (κ1) is 10.2. The van der Waals surface area contributed by atoms with E-state index < -0.39 is 0 Å². The Hall–Kier alpha value is 0.160. The number of likely N-dealkylation sites (N-methyl/N-ethyl adjacent to an activating group) is 1. The Balaban J connectivity index is 2.46. The van der Waals surface area contributed by atoms with Gasteiger partial charge >= 0.3 is 0 Å². The predicted octanol–water partition coefficient (Wildman–Crippen LogP) is 1.28. The minimum absolute atomic E-state index is 0.206. The van der Waals surface area contributed by atoms with Gasteiger partial charge in [-0.15, -0.1) is 0 Å². The number of rotatable bonds is 1. The van der Waals surface area contributed by atoms with Gasteiger partial charge in [0.1, 0.15) is 0 Å². The van der Waals surface area contributed by atoms with Crippen molar-refractivity contribution >= 4 is 28.8 Å². The van der Waals surface area contributed by atoms with Gasteiger partial charge in [-0.25, -0.2) is 3.11 Å². The average Bonchev–Trinajstić information content (AvgIpc) is 2.04. The van der Waals surface area contributed by atoms with Crippen LogP contribution in [-0.2, 0) is 4.79 Å². The Morgan fingerprint density at radius 3 is 2.83 bits per heavy atom. The monoisotopic (exact) mass is 282 g/mol. The fourth-order valence-corrected chi connectivity index (χ4v) is 1.99. The van der Waals surface area contributed by atoms with E-state index in [4.69, 9.17) is 0 Å². The molecular formula is C8H15IN2O. The molecule has 4 heteroatoms. The second-order valence-corrected chi connectivity index (χ2v) is 4.81. The molecule has 0 aromatic carbocycles. The van der Waals surface area contributed by atoms with Gasteiger partial charge in [0.15, 0.2) is 0 Å². The highest BCUT2D eigenvalue weighted by Crippen LogP contribution is 2.16. The number of nitrogens with zero attached hydrogens (tertiary/aromatic N) is 2. The summed E-state index contributed by atoms with van der Waals surface area (Å²) in [6.07, 6.45) is 2.35. The van der Waals surface area contributed by atoms with Crippen LogP contribution < -0.4 is 0 Å². The molecule has 1 saturated heterocycles. The van der Waals surface area contributed by atoms with Crippen LogP contribution in [0.25, 0.3) is 0 Å². The fourth-order valence-electron chi connectivity index (χ4n) is 1.53. The summed E-state index contributed by atoms with van der Waals surface area (Å²) in [4.78, 5) is 13.0. The zero-order valence-electron chi connectivity index (χ0n) is 7.59. The third-order valence-electron chi connectivity index (χ3n) is 2.35. The molecule has 1 aliphatic rings. The van der Waals surface area contributed by atoms with E-state index in [1.807, 2.05) is 4.90 Å². The Kier molecular flexibility index (Phi) is 3.77. The molecule has 1 rings (SSSR count). The second kappa shape index (κ2) is 4.41. The van der Waals surface area contributed by atoms with Crippen molar-refractivity contribution in [3.63, 3.8) is 0 Å². The fraction of sp³-hybridized carbons (Fsp3) is 0.875. The van der Waals surface area contributed by atoms with Gasteiger partial charge in [-0.1, -0.05) is 0 Å². The third-order valence-corrected chi connectivity index (χ3v) is 3.13. The Morgan fingerprint density at radius 1 is 1.67 bits per heavy atom. The molecule has 70 valence electrons. The minimum atomic E-state index is 0.206. The molecule has 1 aliphatic heterocycles. The van der Waals surface area contributed by atoms with Gasteiger partial charge in [0.05, 0.1) is 0 Å². The SMILES string of the molecule is CC(=O)N1CCCC(N(C)I)C1. The van der Waals surface area contributed by atoms with E-state index in [2.05, 4.69) is 33.0 Å². The molecule has 0 radical (unpaired) electrons. The molecule has 0 bridgehead atoms. The third kappa shape index (κ3) is 2.58. The smallest absolute Gasteiger partial charge is 0.219 e. The number of halogens is 1. The van der Waals surface area contributed by atoms with Gasteiger partial charge in [-0.2, -0.15) is 0 Å². The highest BCUT2D eigenvalue weighted by Gasteiger charge is 2.23. The van der Waals surface area contributed by atoms with Crippen LogP contribution in [0.3, 0.4) is 0 Å². The van der Waals surface area contributed by atoms with Crippen LogP contribution in [0.1, 0.15) is 19.8 Å². The first-order valence-electron chi connectivity index (χ1n) is 4.25. The van der Waals surface area contributed by atoms with Crippen molar-refractivity contribution in [2.75, 3.05) is 20.1 Å². The number of amides is 1. The zero-order valence-corrected chi connectivity index (χ0v) is 9.74. The summed E-state index contributed by atoms with van der Waals surface area (Å²) in [7, 11) is 2.06. The molecule has 1 atom stereocenters. The molecule has 0 saturated carbocycles. The van der Waals surface area contributed by atoms with Gasteiger partial charge in [-0.05, 0) is 19.9 Å². The standard InChI is InChI=1S/C8H15IN2O/c1-7(12)11-5-3-4-8(6-11)10(2)9/h8H,3-6H2,1-2H3. The summed E-state index contributed by atoms with van der Waals surface area (Å²) >= 11 is 2.29. The van der Waals surface area contributed by atoms with E-state index in [0.717, 1.165) is 19.5 Å². The van der Waals surface area contributed by atoms with Crippen LogP contribution in [-0.4, -0.2) is 40.1 Å². The molecule has 1 amide bonds. The maximum atomic E-state index is 11.1. The lowest BCUT2D eigenvalue weighted by atomic mass is 10.1. The van der Waals surface area contributed by atoms with Crippen molar-refractivity contribution in [1.82, 2.24) is 8.01 Å². The zero-order chi connectivity index (χ0) is 9.14. The molecule has 0 aromatic heterocycles. The molecule has 0 aliphatic carbocycles. The average molecular weight is 282 g/mol. The summed E-state index contributed by atoms with van der Waals surface area (Å²) in [5.74, 6) is 0.206. The normalized spacial score (nSPS) is 24.7. The summed E-state index contributed by atoms with van der Waals surface area (Å²) in [5.41, 5.74) is 0. The lowest BCUT2D eigenvalue weighted by Gasteiger charge is -2.34. The van der Waals surface area contributed by atoms with Gasteiger partial charge in [-0.3, -0.25) is 4.79 Å². The Bertz CT molecular complexity index is 172. The topological polar surface area (TPSA) is 23.6 Å². The van der Waals surface area contributed by atoms with Crippen LogP contribution in [0.5, 0.6) is 0 Å². The molecular weight excluding hydrogens is 267 g/mol. The molecule has 0 N–H and O–H groups in total. The van der Waals surface area contributed by atoms with Gasteiger partial charge in [0.25, 0.3) is 0 Å². The highest BCUT2D eigenvalue weighted by molar-refractivity contribution is 14.1. The Labute approximate surface area is 87.6 Å². The lowest BCUT2D eigenvalue weighted by molar-refractivity contribution is -0.130. The lowest BCUT2D eigenvalue weighted by Crippen LogP contribution is -2.45. The van der Waals surface area contributed by atoms with E-state index in [1.54, 1.807) is 6.92 Å². The molecule has 0 aromatic rings. The summed E-state index contributed by atoms with van der Waals surface area (Å²) in [6, 6.07) is 0.545. The number of likely N-dealkylation sites (tertiary alicyclic amines) is 1. The maximum absolute atomic E-state index is 11.1. The molecule has 1 heterocycles. The molecule has 1 fully saturated rings. The molecule has 1 unspecified atom stereocenters. The largest absolute Gasteiger partial charge is 0.341 e. The summed E-state index contributed by atoms with van der Waals surface area (Å²) < 4.78 is 2.17. The first-order valence-corrected chi connectivity index (χ1v) is 5.22. The predicted molar refractivity (Wildman–Crippen MR) is 57.1 cm³/mol. The van der Waals surface area contributed by atoms with Crippen molar-refractivity contribution in [2.45, 2.75) is 25.8 Å². The maximum Gasteiger partial charge on any atom is 0.219 e. The van der Waals surface area contributed by atoms with Crippen LogP contribution >= 0.6 is 22.9 Å². The number of piperidine rings is 1. The number of carbonyl (C=O) groups is 1. The van der Waals surface area contributed by atoms with E-state index in [9.17, 15) is 4.79 Å². The molecule has 3 nitrogen and oxygen atoms in total. The number of carbonyl (C=O) groups excluding carboxylic acids is 1. The summed E-state index contributed by atoms with van der Waals surface area (Å²) in [5, 5.41) is 0. The van der Waals surface area contributed by atoms with Gasteiger partial charge in [0, 0.05) is 48.9 Å². The second-order valence-electron chi connectivity index (χ2n) is 3.29. The van der Waals surface area contributed by atoms with Crippen molar-refractivity contribution in [3.05, 3.63) is 0 Å².